The molecule has 0 bridgehead atoms. The Bertz CT molecular complexity index is 596. The summed E-state index contributed by atoms with van der Waals surface area (Å²) in [5.41, 5.74) is 0.969. The molecule has 5 nitrogen and oxygen atoms in total. The van der Waals surface area contributed by atoms with Crippen LogP contribution in [0, 0.1) is 0 Å². The van der Waals surface area contributed by atoms with E-state index in [9.17, 15) is 13.2 Å². The van der Waals surface area contributed by atoms with Gasteiger partial charge in [-0.25, -0.2) is 9.97 Å². The lowest BCUT2D eigenvalue weighted by molar-refractivity contribution is -0.144. The summed E-state index contributed by atoms with van der Waals surface area (Å²) in [7, 11) is 1.79. The molecular weight excluding hydrogens is 295 g/mol. The fourth-order valence-corrected chi connectivity index (χ4v) is 1.75. The van der Waals surface area contributed by atoms with Gasteiger partial charge in [-0.05, 0) is 12.0 Å². The number of aryl methyl sites for hydroxylation is 1. The van der Waals surface area contributed by atoms with Gasteiger partial charge in [0.15, 0.2) is 0 Å². The van der Waals surface area contributed by atoms with E-state index in [0.717, 1.165) is 5.56 Å². The van der Waals surface area contributed by atoms with E-state index in [1.54, 1.807) is 17.9 Å². The molecule has 0 amide bonds. The lowest BCUT2D eigenvalue weighted by Crippen LogP contribution is -2.14. The highest BCUT2D eigenvalue weighted by Crippen LogP contribution is 2.28. The van der Waals surface area contributed by atoms with Crippen LogP contribution in [0.2, 0.25) is 5.15 Å². The normalized spacial score (nSPS) is 11.7. The molecule has 0 atom stereocenters. The highest BCUT2D eigenvalue weighted by Gasteiger charge is 2.35. The summed E-state index contributed by atoms with van der Waals surface area (Å²) < 4.78 is 39.2. The number of anilines is 1. The summed E-state index contributed by atoms with van der Waals surface area (Å²) in [5, 5.41) is 6.53. The van der Waals surface area contributed by atoms with Gasteiger partial charge < -0.3 is 5.32 Å². The predicted molar refractivity (Wildman–Crippen MR) is 67.4 cm³/mol. The summed E-state index contributed by atoms with van der Waals surface area (Å²) in [6.07, 6.45) is -0.493. The van der Waals surface area contributed by atoms with Gasteiger partial charge in [-0.1, -0.05) is 11.6 Å². The van der Waals surface area contributed by atoms with E-state index in [1.807, 2.05) is 6.20 Å². The molecule has 0 unspecified atom stereocenters. The van der Waals surface area contributed by atoms with E-state index in [4.69, 9.17) is 11.6 Å². The fraction of sp³-hybridized carbons (Fsp3) is 0.364. The molecule has 0 fully saturated rings. The van der Waals surface area contributed by atoms with E-state index in [0.29, 0.717) is 13.0 Å². The smallest absolute Gasteiger partial charge is 0.370 e. The van der Waals surface area contributed by atoms with E-state index in [-0.39, 0.29) is 11.0 Å². The molecule has 108 valence electrons. The van der Waals surface area contributed by atoms with E-state index >= 15 is 0 Å². The number of hydrogen-bond acceptors (Lipinski definition) is 4. The molecule has 2 rings (SSSR count). The second kappa shape index (κ2) is 5.66. The average Bonchev–Trinajstić information content (AvgIpc) is 2.73. The molecule has 0 aromatic carbocycles. The zero-order chi connectivity index (χ0) is 14.8. The Morgan fingerprint density at radius 1 is 1.35 bits per heavy atom. The first-order valence-corrected chi connectivity index (χ1v) is 6.05. The Labute approximate surface area is 117 Å². The van der Waals surface area contributed by atoms with Crippen LogP contribution in [0.3, 0.4) is 0 Å². The van der Waals surface area contributed by atoms with Crippen molar-refractivity contribution in [3.05, 3.63) is 35.0 Å². The molecule has 1 N–H and O–H groups in total. The molecule has 20 heavy (non-hydrogen) atoms. The molecule has 0 aliphatic rings. The van der Waals surface area contributed by atoms with Gasteiger partial charge in [-0.15, -0.1) is 0 Å². The molecule has 0 radical (unpaired) electrons. The monoisotopic (exact) mass is 305 g/mol. The standard InChI is InChI=1S/C11H11ClF3N5/c1-20-6-7(5-17-20)2-3-16-9-4-8(12)18-10(19-9)11(13,14)15/h4-6H,2-3H2,1H3,(H,16,18,19). The maximum absolute atomic E-state index is 12.5. The van der Waals surface area contributed by atoms with Gasteiger partial charge in [0.05, 0.1) is 6.20 Å². The molecule has 2 aromatic rings. The van der Waals surface area contributed by atoms with Gasteiger partial charge in [-0.3, -0.25) is 4.68 Å². The highest BCUT2D eigenvalue weighted by atomic mass is 35.5. The van der Waals surface area contributed by atoms with Gasteiger partial charge in [0, 0.05) is 25.9 Å². The van der Waals surface area contributed by atoms with Crippen molar-refractivity contribution >= 4 is 17.4 Å². The van der Waals surface area contributed by atoms with Gasteiger partial charge in [0.25, 0.3) is 0 Å². The first-order chi connectivity index (χ1) is 9.34. The van der Waals surface area contributed by atoms with Crippen LogP contribution in [0.4, 0.5) is 19.0 Å². The van der Waals surface area contributed by atoms with Crippen LogP contribution in [0.25, 0.3) is 0 Å². The maximum Gasteiger partial charge on any atom is 0.451 e. The quantitative estimate of drug-likeness (QED) is 0.882. The number of hydrogen-bond donors (Lipinski definition) is 1. The van der Waals surface area contributed by atoms with Crippen LogP contribution in [0.15, 0.2) is 18.5 Å². The van der Waals surface area contributed by atoms with Gasteiger partial charge >= 0.3 is 6.18 Å². The van der Waals surface area contributed by atoms with E-state index < -0.39 is 12.0 Å². The molecule has 0 spiro atoms. The minimum atomic E-state index is -4.62. The van der Waals surface area contributed by atoms with Crippen LogP contribution >= 0.6 is 11.6 Å². The summed E-state index contributed by atoms with van der Waals surface area (Å²) in [4.78, 5) is 6.54. The van der Waals surface area contributed by atoms with E-state index in [1.165, 1.54) is 6.07 Å². The Morgan fingerprint density at radius 2 is 2.10 bits per heavy atom. The SMILES string of the molecule is Cn1cc(CCNc2cc(Cl)nc(C(F)(F)F)n2)cn1. The van der Waals surface area contributed by atoms with Crippen LogP contribution in [-0.4, -0.2) is 26.3 Å². The van der Waals surface area contributed by atoms with Crippen LogP contribution in [0.5, 0.6) is 0 Å². The molecule has 9 heteroatoms. The first kappa shape index (κ1) is 14.6. The van der Waals surface area contributed by atoms with Crippen LogP contribution in [0.1, 0.15) is 11.4 Å². The summed E-state index contributed by atoms with van der Waals surface area (Å²) in [6.45, 7) is 0.413. The lowest BCUT2D eigenvalue weighted by Gasteiger charge is -2.09. The number of nitrogens with one attached hydrogen (secondary N) is 1. The molecular formula is C11H11ClF3N5. The van der Waals surface area contributed by atoms with Crippen LogP contribution in [-0.2, 0) is 19.6 Å². The van der Waals surface area contributed by atoms with Crippen molar-refractivity contribution < 1.29 is 13.2 Å². The van der Waals surface area contributed by atoms with Gasteiger partial charge in [-0.2, -0.15) is 18.3 Å². The number of aromatic nitrogens is 4. The number of alkyl halides is 3. The summed E-state index contributed by atoms with van der Waals surface area (Å²) >= 11 is 5.55. The van der Waals surface area contributed by atoms with Crippen molar-refractivity contribution in [3.8, 4) is 0 Å². The Hall–Kier alpha value is -1.83. The number of halogens is 4. The van der Waals surface area contributed by atoms with Crippen molar-refractivity contribution in [3.63, 3.8) is 0 Å². The van der Waals surface area contributed by atoms with Crippen molar-refractivity contribution in [2.45, 2.75) is 12.6 Å². The lowest BCUT2D eigenvalue weighted by atomic mass is 10.2. The Morgan fingerprint density at radius 3 is 2.70 bits per heavy atom. The molecule has 0 saturated carbocycles. The maximum atomic E-state index is 12.5. The topological polar surface area (TPSA) is 55.6 Å². The third-order valence-electron chi connectivity index (χ3n) is 2.43. The zero-order valence-electron chi connectivity index (χ0n) is 10.4. The van der Waals surface area contributed by atoms with Crippen molar-refractivity contribution in [1.82, 2.24) is 19.7 Å². The van der Waals surface area contributed by atoms with Crippen molar-refractivity contribution in [1.29, 1.82) is 0 Å². The third-order valence-corrected chi connectivity index (χ3v) is 2.62. The molecule has 0 aliphatic carbocycles. The first-order valence-electron chi connectivity index (χ1n) is 5.68. The van der Waals surface area contributed by atoms with Crippen LogP contribution < -0.4 is 5.32 Å². The molecule has 2 heterocycles. The summed E-state index contributed by atoms with van der Waals surface area (Å²) in [6, 6.07) is 1.25. The number of nitrogens with zero attached hydrogens (tertiary/aromatic N) is 4. The molecule has 0 saturated heterocycles. The minimum Gasteiger partial charge on any atom is -0.370 e. The highest BCUT2D eigenvalue weighted by molar-refractivity contribution is 6.29. The Kier molecular flexibility index (Phi) is 4.12. The van der Waals surface area contributed by atoms with Crippen molar-refractivity contribution in [2.24, 2.45) is 7.05 Å². The number of rotatable bonds is 4. The fourth-order valence-electron chi connectivity index (χ4n) is 1.57. The second-order valence-electron chi connectivity index (χ2n) is 4.10. The summed E-state index contributed by atoms with van der Waals surface area (Å²) in [5.74, 6) is -1.21. The second-order valence-corrected chi connectivity index (χ2v) is 4.48. The minimum absolute atomic E-state index is 0.0428. The van der Waals surface area contributed by atoms with Gasteiger partial charge in [0.2, 0.25) is 5.82 Å². The predicted octanol–water partition coefficient (Wildman–Crippen LogP) is 2.54. The third kappa shape index (κ3) is 3.83. The van der Waals surface area contributed by atoms with E-state index in [2.05, 4.69) is 20.4 Å². The average molecular weight is 306 g/mol. The zero-order valence-corrected chi connectivity index (χ0v) is 11.2. The molecule has 2 aromatic heterocycles. The Balaban J connectivity index is 2.00. The van der Waals surface area contributed by atoms with Gasteiger partial charge in [0.1, 0.15) is 11.0 Å². The van der Waals surface area contributed by atoms with Crippen molar-refractivity contribution in [2.75, 3.05) is 11.9 Å². The largest absolute Gasteiger partial charge is 0.451 e. The molecule has 0 aliphatic heterocycles.